The van der Waals surface area contributed by atoms with Gasteiger partial charge in [-0.3, -0.25) is 4.79 Å². The van der Waals surface area contributed by atoms with Gasteiger partial charge in [-0.25, -0.2) is 0 Å². The topological polar surface area (TPSA) is 127 Å². The van der Waals surface area contributed by atoms with Gasteiger partial charge in [0.15, 0.2) is 12.2 Å². The average molecular weight is 275 g/mol. The van der Waals surface area contributed by atoms with Gasteiger partial charge in [-0.2, -0.15) is 4.98 Å². The van der Waals surface area contributed by atoms with Gasteiger partial charge in [0.25, 0.3) is 5.91 Å². The molecule has 0 aliphatic rings. The lowest BCUT2D eigenvalue weighted by Gasteiger charge is -2.04. The molecule has 1 amide bonds. The van der Waals surface area contributed by atoms with E-state index >= 15 is 0 Å². The van der Waals surface area contributed by atoms with Gasteiger partial charge in [-0.15, -0.1) is 0 Å². The highest BCUT2D eigenvalue weighted by molar-refractivity contribution is 5.99. The van der Waals surface area contributed by atoms with Crippen molar-refractivity contribution in [1.82, 2.24) is 15.5 Å². The molecular formula is C12H13N5O3. The minimum Gasteiger partial charge on any atom is -0.409 e. The van der Waals surface area contributed by atoms with Gasteiger partial charge in [0.2, 0.25) is 5.89 Å². The number of amidine groups is 1. The van der Waals surface area contributed by atoms with Crippen LogP contribution in [0.4, 0.5) is 0 Å². The zero-order valence-electron chi connectivity index (χ0n) is 10.5. The minimum atomic E-state index is -0.226. The Morgan fingerprint density at radius 2 is 2.05 bits per heavy atom. The summed E-state index contributed by atoms with van der Waals surface area (Å²) in [6.07, 6.45) is 1.77. The van der Waals surface area contributed by atoms with Crippen LogP contribution in [-0.4, -0.2) is 33.6 Å². The Hall–Kier alpha value is -2.90. The SMILES string of the molecule is N/C(=N/O)c1ccc(C(=O)NCCc2ncno2)cc1. The number of rotatable bonds is 5. The Morgan fingerprint density at radius 3 is 2.65 bits per heavy atom. The van der Waals surface area contributed by atoms with Crippen molar-refractivity contribution < 1.29 is 14.5 Å². The lowest BCUT2D eigenvalue weighted by atomic mass is 10.1. The predicted molar refractivity (Wildman–Crippen MR) is 69.3 cm³/mol. The zero-order valence-corrected chi connectivity index (χ0v) is 10.5. The first-order valence-corrected chi connectivity index (χ1v) is 5.82. The van der Waals surface area contributed by atoms with Crippen molar-refractivity contribution in [2.24, 2.45) is 10.9 Å². The number of nitrogens with zero attached hydrogens (tertiary/aromatic N) is 3. The molecule has 2 aromatic rings. The number of carbonyl (C=O) groups is 1. The fraction of sp³-hybridized carbons (Fsp3) is 0.167. The zero-order chi connectivity index (χ0) is 14.4. The molecule has 1 aromatic heterocycles. The molecule has 0 atom stereocenters. The van der Waals surface area contributed by atoms with Crippen molar-refractivity contribution >= 4 is 11.7 Å². The van der Waals surface area contributed by atoms with Crippen LogP contribution < -0.4 is 11.1 Å². The first kappa shape index (κ1) is 13.5. The molecule has 4 N–H and O–H groups in total. The van der Waals surface area contributed by atoms with Crippen LogP contribution in [0.2, 0.25) is 0 Å². The molecule has 1 heterocycles. The second-order valence-electron chi connectivity index (χ2n) is 3.90. The third-order valence-corrected chi connectivity index (χ3v) is 2.58. The van der Waals surface area contributed by atoms with Crippen LogP contribution in [0.5, 0.6) is 0 Å². The van der Waals surface area contributed by atoms with Crippen LogP contribution in [-0.2, 0) is 6.42 Å². The van der Waals surface area contributed by atoms with E-state index in [0.29, 0.717) is 30.0 Å². The molecule has 8 heteroatoms. The molecule has 20 heavy (non-hydrogen) atoms. The van der Waals surface area contributed by atoms with E-state index in [0.717, 1.165) is 0 Å². The average Bonchev–Trinajstić information content (AvgIpc) is 2.99. The van der Waals surface area contributed by atoms with Gasteiger partial charge in [-0.1, -0.05) is 22.4 Å². The van der Waals surface area contributed by atoms with Crippen LogP contribution in [0.15, 0.2) is 40.3 Å². The standard InChI is InChI=1S/C12H13N5O3/c13-11(17-19)8-1-3-9(4-2-8)12(18)14-6-5-10-15-7-16-20-10/h1-4,7,19H,5-6H2,(H2,13,17)(H,14,18). The first-order chi connectivity index (χ1) is 9.70. The van der Waals surface area contributed by atoms with E-state index in [2.05, 4.69) is 20.6 Å². The summed E-state index contributed by atoms with van der Waals surface area (Å²) in [6, 6.07) is 6.38. The summed E-state index contributed by atoms with van der Waals surface area (Å²) >= 11 is 0. The monoisotopic (exact) mass is 275 g/mol. The quantitative estimate of drug-likeness (QED) is 0.308. The van der Waals surface area contributed by atoms with E-state index in [-0.39, 0.29) is 11.7 Å². The van der Waals surface area contributed by atoms with Crippen molar-refractivity contribution in [2.75, 3.05) is 6.54 Å². The van der Waals surface area contributed by atoms with Gasteiger partial charge in [0, 0.05) is 24.1 Å². The number of carbonyl (C=O) groups excluding carboxylic acids is 1. The molecule has 1 aromatic carbocycles. The second-order valence-corrected chi connectivity index (χ2v) is 3.90. The van der Waals surface area contributed by atoms with Crippen molar-refractivity contribution in [3.63, 3.8) is 0 Å². The van der Waals surface area contributed by atoms with E-state index in [1.165, 1.54) is 6.33 Å². The number of aromatic nitrogens is 2. The first-order valence-electron chi connectivity index (χ1n) is 5.82. The molecule has 2 rings (SSSR count). The molecule has 104 valence electrons. The third kappa shape index (κ3) is 3.31. The number of hydrogen-bond acceptors (Lipinski definition) is 6. The van der Waals surface area contributed by atoms with Crippen LogP contribution in [0.3, 0.4) is 0 Å². The highest BCUT2D eigenvalue weighted by Crippen LogP contribution is 2.04. The van der Waals surface area contributed by atoms with E-state index < -0.39 is 0 Å². The maximum absolute atomic E-state index is 11.8. The molecule has 0 radical (unpaired) electrons. The van der Waals surface area contributed by atoms with Crippen LogP contribution in [0, 0.1) is 0 Å². The molecule has 0 saturated carbocycles. The Morgan fingerprint density at radius 1 is 1.35 bits per heavy atom. The predicted octanol–water partition coefficient (Wildman–Crippen LogP) is 0.137. The van der Waals surface area contributed by atoms with E-state index in [9.17, 15) is 4.79 Å². The minimum absolute atomic E-state index is 0.00616. The number of oxime groups is 1. The summed E-state index contributed by atoms with van der Waals surface area (Å²) < 4.78 is 4.81. The molecule has 0 spiro atoms. The number of amides is 1. The molecule has 0 unspecified atom stereocenters. The summed E-state index contributed by atoms with van der Waals surface area (Å²) in [5.74, 6) is 0.233. The highest BCUT2D eigenvalue weighted by atomic mass is 16.5. The highest BCUT2D eigenvalue weighted by Gasteiger charge is 2.07. The van der Waals surface area contributed by atoms with Gasteiger partial charge in [0.1, 0.15) is 0 Å². The van der Waals surface area contributed by atoms with Crippen molar-refractivity contribution in [2.45, 2.75) is 6.42 Å². The number of benzene rings is 1. The van der Waals surface area contributed by atoms with Crippen LogP contribution in [0.1, 0.15) is 21.8 Å². The summed E-state index contributed by atoms with van der Waals surface area (Å²) in [5, 5.41) is 17.6. The number of hydrogen-bond donors (Lipinski definition) is 3. The Balaban J connectivity index is 1.89. The largest absolute Gasteiger partial charge is 0.409 e. The van der Waals surface area contributed by atoms with Gasteiger partial charge >= 0.3 is 0 Å². The molecule has 0 bridgehead atoms. The van der Waals surface area contributed by atoms with Crippen molar-refractivity contribution in [1.29, 1.82) is 0 Å². The van der Waals surface area contributed by atoms with E-state index in [4.69, 9.17) is 15.5 Å². The van der Waals surface area contributed by atoms with E-state index in [1.807, 2.05) is 0 Å². The Kier molecular flexibility index (Phi) is 4.28. The fourth-order valence-corrected chi connectivity index (χ4v) is 1.54. The second kappa shape index (κ2) is 6.32. The maximum atomic E-state index is 11.8. The van der Waals surface area contributed by atoms with Crippen molar-refractivity contribution in [3.05, 3.63) is 47.6 Å². The molecule has 0 aliphatic heterocycles. The lowest BCUT2D eigenvalue weighted by Crippen LogP contribution is -2.25. The smallest absolute Gasteiger partial charge is 0.251 e. The van der Waals surface area contributed by atoms with Crippen LogP contribution in [0.25, 0.3) is 0 Å². The number of nitrogens with two attached hydrogens (primary N) is 1. The molecule has 0 aliphatic carbocycles. The fourth-order valence-electron chi connectivity index (χ4n) is 1.54. The lowest BCUT2D eigenvalue weighted by molar-refractivity contribution is 0.0953. The van der Waals surface area contributed by atoms with Gasteiger partial charge in [0.05, 0.1) is 0 Å². The summed E-state index contributed by atoms with van der Waals surface area (Å²) in [6.45, 7) is 0.392. The molecule has 0 fully saturated rings. The van der Waals surface area contributed by atoms with Crippen molar-refractivity contribution in [3.8, 4) is 0 Å². The van der Waals surface area contributed by atoms with Gasteiger partial charge < -0.3 is 20.8 Å². The Bertz CT molecular complexity index is 592. The summed E-state index contributed by atoms with van der Waals surface area (Å²) in [5.41, 5.74) is 6.44. The van der Waals surface area contributed by atoms with Gasteiger partial charge in [-0.05, 0) is 12.1 Å². The molecule has 8 nitrogen and oxygen atoms in total. The molecular weight excluding hydrogens is 262 g/mol. The molecule has 0 saturated heterocycles. The number of nitrogens with one attached hydrogen (secondary N) is 1. The summed E-state index contributed by atoms with van der Waals surface area (Å²) in [7, 11) is 0. The third-order valence-electron chi connectivity index (χ3n) is 2.58. The summed E-state index contributed by atoms with van der Waals surface area (Å²) in [4.78, 5) is 15.7. The normalized spacial score (nSPS) is 11.3. The van der Waals surface area contributed by atoms with Crippen LogP contribution >= 0.6 is 0 Å². The Labute approximate surface area is 114 Å². The van der Waals surface area contributed by atoms with E-state index in [1.54, 1.807) is 24.3 Å². The maximum Gasteiger partial charge on any atom is 0.251 e.